The van der Waals surface area contributed by atoms with Crippen LogP contribution in [-0.2, 0) is 9.47 Å². The van der Waals surface area contributed by atoms with Crippen LogP contribution in [0.25, 0.3) is 0 Å². The van der Waals surface area contributed by atoms with Crippen LogP contribution >= 0.6 is 0 Å². The van der Waals surface area contributed by atoms with E-state index in [4.69, 9.17) is 14.6 Å². The molecule has 3 fully saturated rings. The van der Waals surface area contributed by atoms with Crippen LogP contribution in [0, 0.1) is 0 Å². The normalized spacial score (nSPS) is 66.8. The number of rotatable bonds is 1. The smallest absolute Gasteiger partial charge is 0.149 e. The minimum atomic E-state index is -1.02. The fraction of sp³-hybridized carbons (Fsp3) is 1.00. The first-order valence-electron chi connectivity index (χ1n) is 4.01. The van der Waals surface area contributed by atoms with Crippen molar-refractivity contribution in [2.45, 2.75) is 36.1 Å². The lowest BCUT2D eigenvalue weighted by molar-refractivity contribution is -0.0572. The van der Waals surface area contributed by atoms with Crippen molar-refractivity contribution >= 4 is 0 Å². The second-order valence-electron chi connectivity index (χ2n) is 3.65. The van der Waals surface area contributed by atoms with E-state index >= 15 is 0 Å². The Hall–Kier alpha value is -0.200. The van der Waals surface area contributed by atoms with Gasteiger partial charge in [-0.2, -0.15) is 0 Å². The Morgan fingerprint density at radius 3 is 2.67 bits per heavy atom. The fourth-order valence-corrected chi connectivity index (χ4v) is 2.13. The fourth-order valence-electron chi connectivity index (χ4n) is 2.13. The number of aliphatic hydroxyl groups excluding tert-OH is 3. The van der Waals surface area contributed by atoms with Crippen molar-refractivity contribution in [3.63, 3.8) is 0 Å². The van der Waals surface area contributed by atoms with Gasteiger partial charge in [0.15, 0.2) is 0 Å². The molecule has 5 heteroatoms. The van der Waals surface area contributed by atoms with Gasteiger partial charge in [0.2, 0.25) is 0 Å². The van der Waals surface area contributed by atoms with Gasteiger partial charge in [0.1, 0.15) is 36.1 Å². The Labute approximate surface area is 68.5 Å². The lowest BCUT2D eigenvalue weighted by atomic mass is 9.85. The molecular weight excluding hydrogens is 164 g/mol. The Morgan fingerprint density at radius 2 is 2.00 bits per heavy atom. The van der Waals surface area contributed by atoms with E-state index in [9.17, 15) is 10.2 Å². The quantitative estimate of drug-likeness (QED) is 0.386. The summed E-state index contributed by atoms with van der Waals surface area (Å²) < 4.78 is 10.3. The van der Waals surface area contributed by atoms with E-state index in [2.05, 4.69) is 0 Å². The summed E-state index contributed by atoms with van der Waals surface area (Å²) in [6.45, 7) is -0.261. The largest absolute Gasteiger partial charge is 0.393 e. The molecular formula is C7H10O5. The van der Waals surface area contributed by atoms with Gasteiger partial charge in [0.05, 0.1) is 6.61 Å². The number of fused-ring (bicyclic) bond motifs is 3. The molecule has 3 rings (SSSR count). The minimum absolute atomic E-state index is 0.115. The molecule has 0 bridgehead atoms. The molecule has 12 heavy (non-hydrogen) atoms. The first kappa shape index (κ1) is 7.23. The van der Waals surface area contributed by atoms with Crippen LogP contribution in [0.2, 0.25) is 0 Å². The average molecular weight is 174 g/mol. The minimum Gasteiger partial charge on any atom is -0.393 e. The Bertz CT molecular complexity index is 232. The Kier molecular flexibility index (Phi) is 1.10. The predicted molar refractivity (Wildman–Crippen MR) is 35.4 cm³/mol. The SMILES string of the molecule is OC[C@@]12O[C@@H]1[C@@H]1O[C@@H]1[C@@H](O)[C@@H]2O. The van der Waals surface area contributed by atoms with E-state index in [-0.39, 0.29) is 24.9 Å². The standard InChI is InChI=1S/C7H10O5/c8-1-7-5(10)2(9)3-4(11-3)6(7)12-7/h2-6,8-10H,1H2/t2-,3-,4-,5+,6-,7+/m1/s1. The van der Waals surface area contributed by atoms with Crippen molar-refractivity contribution in [1.29, 1.82) is 0 Å². The number of hydrogen-bond acceptors (Lipinski definition) is 5. The second-order valence-corrected chi connectivity index (χ2v) is 3.65. The summed E-state index contributed by atoms with van der Waals surface area (Å²) >= 11 is 0. The maximum absolute atomic E-state index is 9.52. The molecule has 2 heterocycles. The van der Waals surface area contributed by atoms with E-state index in [1.54, 1.807) is 0 Å². The summed E-state index contributed by atoms with van der Waals surface area (Å²) in [4.78, 5) is 0. The van der Waals surface area contributed by atoms with E-state index in [1.165, 1.54) is 0 Å². The Morgan fingerprint density at radius 1 is 1.25 bits per heavy atom. The third-order valence-corrected chi connectivity index (χ3v) is 3.04. The van der Waals surface area contributed by atoms with E-state index in [0.717, 1.165) is 0 Å². The molecule has 0 aromatic carbocycles. The number of ether oxygens (including phenoxy) is 2. The van der Waals surface area contributed by atoms with Crippen LogP contribution in [0.1, 0.15) is 0 Å². The highest BCUT2D eigenvalue weighted by Crippen LogP contribution is 2.55. The third-order valence-electron chi connectivity index (χ3n) is 3.04. The van der Waals surface area contributed by atoms with Crippen LogP contribution in [0.4, 0.5) is 0 Å². The molecule has 3 aliphatic rings. The highest BCUT2D eigenvalue weighted by Gasteiger charge is 2.77. The second kappa shape index (κ2) is 1.83. The molecule has 0 spiro atoms. The molecule has 68 valence electrons. The van der Waals surface area contributed by atoms with Gasteiger partial charge >= 0.3 is 0 Å². The monoisotopic (exact) mass is 174 g/mol. The van der Waals surface area contributed by atoms with Gasteiger partial charge in [0, 0.05) is 0 Å². The van der Waals surface area contributed by atoms with Crippen molar-refractivity contribution < 1.29 is 24.8 Å². The van der Waals surface area contributed by atoms with Gasteiger partial charge in [-0.15, -0.1) is 0 Å². The Balaban J connectivity index is 1.91. The maximum atomic E-state index is 9.52. The van der Waals surface area contributed by atoms with Crippen LogP contribution in [0.15, 0.2) is 0 Å². The zero-order valence-corrected chi connectivity index (χ0v) is 6.25. The lowest BCUT2D eigenvalue weighted by Crippen LogP contribution is -2.51. The molecule has 2 saturated heterocycles. The summed E-state index contributed by atoms with van der Waals surface area (Å²) in [6.07, 6.45) is -2.55. The molecule has 0 aromatic heterocycles. The van der Waals surface area contributed by atoms with Crippen LogP contribution in [0.5, 0.6) is 0 Å². The summed E-state index contributed by atoms with van der Waals surface area (Å²) in [5.74, 6) is 0. The molecule has 6 atom stereocenters. The first-order valence-corrected chi connectivity index (χ1v) is 4.01. The molecule has 0 unspecified atom stereocenters. The van der Waals surface area contributed by atoms with Gasteiger partial charge in [-0.25, -0.2) is 0 Å². The van der Waals surface area contributed by atoms with Gasteiger partial charge in [0.25, 0.3) is 0 Å². The van der Waals surface area contributed by atoms with E-state index in [0.29, 0.717) is 0 Å². The van der Waals surface area contributed by atoms with Crippen molar-refractivity contribution in [1.82, 2.24) is 0 Å². The third kappa shape index (κ3) is 0.592. The average Bonchev–Trinajstić information content (AvgIpc) is 2.91. The van der Waals surface area contributed by atoms with Crippen molar-refractivity contribution in [2.24, 2.45) is 0 Å². The van der Waals surface area contributed by atoms with E-state index < -0.39 is 17.8 Å². The van der Waals surface area contributed by atoms with Crippen molar-refractivity contribution in [3.8, 4) is 0 Å². The van der Waals surface area contributed by atoms with Gasteiger partial charge < -0.3 is 24.8 Å². The molecule has 1 saturated carbocycles. The van der Waals surface area contributed by atoms with Gasteiger partial charge in [-0.3, -0.25) is 0 Å². The van der Waals surface area contributed by atoms with E-state index in [1.807, 2.05) is 0 Å². The highest BCUT2D eigenvalue weighted by molar-refractivity contribution is 5.24. The predicted octanol–water partition coefficient (Wildman–Crippen LogP) is -2.38. The molecule has 3 N–H and O–H groups in total. The lowest BCUT2D eigenvalue weighted by Gasteiger charge is -2.24. The molecule has 0 radical (unpaired) electrons. The summed E-state index contributed by atoms with van der Waals surface area (Å²) in [5.41, 5.74) is -0.933. The van der Waals surface area contributed by atoms with Gasteiger partial charge in [-0.1, -0.05) is 0 Å². The number of hydrogen-bond donors (Lipinski definition) is 3. The number of epoxide rings is 2. The van der Waals surface area contributed by atoms with Crippen LogP contribution in [-0.4, -0.2) is 58.0 Å². The summed E-state index contributed by atoms with van der Waals surface area (Å²) in [7, 11) is 0. The van der Waals surface area contributed by atoms with Crippen LogP contribution < -0.4 is 0 Å². The molecule has 5 nitrogen and oxygen atoms in total. The number of aliphatic hydroxyl groups is 3. The molecule has 0 aromatic rings. The summed E-state index contributed by atoms with van der Waals surface area (Å²) in [6, 6.07) is 0. The molecule has 0 amide bonds. The zero-order chi connectivity index (χ0) is 8.51. The van der Waals surface area contributed by atoms with Gasteiger partial charge in [-0.05, 0) is 0 Å². The maximum Gasteiger partial charge on any atom is 0.149 e. The first-order chi connectivity index (χ1) is 5.70. The molecule has 1 aliphatic carbocycles. The topological polar surface area (TPSA) is 85.8 Å². The zero-order valence-electron chi connectivity index (χ0n) is 6.25. The highest BCUT2D eigenvalue weighted by atomic mass is 16.7. The molecule has 2 aliphatic heterocycles. The van der Waals surface area contributed by atoms with Crippen LogP contribution in [0.3, 0.4) is 0 Å². The van der Waals surface area contributed by atoms with Crippen molar-refractivity contribution in [3.05, 3.63) is 0 Å². The van der Waals surface area contributed by atoms with Crippen molar-refractivity contribution in [2.75, 3.05) is 6.61 Å². The summed E-state index contributed by atoms with van der Waals surface area (Å²) in [5, 5.41) is 27.9.